The van der Waals surface area contributed by atoms with Gasteiger partial charge in [0.15, 0.2) is 0 Å². The average molecular weight is 344 g/mol. The van der Waals surface area contributed by atoms with Crippen LogP contribution < -0.4 is 5.32 Å². The van der Waals surface area contributed by atoms with Gasteiger partial charge in [-0.1, -0.05) is 30.3 Å². The van der Waals surface area contributed by atoms with Gasteiger partial charge in [0.25, 0.3) is 0 Å². The summed E-state index contributed by atoms with van der Waals surface area (Å²) in [7, 11) is 0. The van der Waals surface area contributed by atoms with Crippen LogP contribution >= 0.6 is 0 Å². The van der Waals surface area contributed by atoms with Gasteiger partial charge >= 0.3 is 0 Å². The molecule has 2 amide bonds. The summed E-state index contributed by atoms with van der Waals surface area (Å²) in [5.41, 5.74) is 1.05. The molecule has 1 saturated carbocycles. The fraction of sp³-hybridized carbons (Fsp3) is 0.600. The molecule has 1 aliphatic carbocycles. The summed E-state index contributed by atoms with van der Waals surface area (Å²) in [4.78, 5) is 27.2. The van der Waals surface area contributed by atoms with E-state index in [2.05, 4.69) is 5.32 Å². The van der Waals surface area contributed by atoms with Crippen molar-refractivity contribution >= 4 is 11.8 Å². The Labute approximate surface area is 149 Å². The van der Waals surface area contributed by atoms with Crippen molar-refractivity contribution in [1.82, 2.24) is 10.2 Å². The van der Waals surface area contributed by atoms with E-state index in [0.29, 0.717) is 18.9 Å². The van der Waals surface area contributed by atoms with Crippen molar-refractivity contribution in [3.05, 3.63) is 35.9 Å². The van der Waals surface area contributed by atoms with Crippen molar-refractivity contribution in [1.29, 1.82) is 0 Å². The van der Waals surface area contributed by atoms with Gasteiger partial charge < -0.3 is 15.0 Å². The van der Waals surface area contributed by atoms with Gasteiger partial charge in [0.2, 0.25) is 11.8 Å². The summed E-state index contributed by atoms with van der Waals surface area (Å²) in [6.45, 7) is 3.97. The van der Waals surface area contributed by atoms with E-state index in [-0.39, 0.29) is 11.8 Å². The smallest absolute Gasteiger partial charge is 0.249 e. The molecule has 0 bridgehead atoms. The Morgan fingerprint density at radius 3 is 2.52 bits per heavy atom. The molecule has 0 spiro atoms. The zero-order valence-electron chi connectivity index (χ0n) is 14.9. The van der Waals surface area contributed by atoms with Gasteiger partial charge in [0.05, 0.1) is 6.61 Å². The molecule has 25 heavy (non-hydrogen) atoms. The minimum atomic E-state index is -0.528. The number of rotatable bonds is 8. The van der Waals surface area contributed by atoms with Crippen LogP contribution in [0.4, 0.5) is 0 Å². The zero-order chi connectivity index (χ0) is 17.6. The molecule has 5 nitrogen and oxygen atoms in total. The molecule has 0 radical (unpaired) electrons. The minimum Gasteiger partial charge on any atom is -0.368 e. The third-order valence-electron chi connectivity index (χ3n) is 4.96. The second kappa shape index (κ2) is 8.48. The van der Waals surface area contributed by atoms with E-state index in [1.807, 2.05) is 35.2 Å². The second-order valence-corrected chi connectivity index (χ2v) is 7.20. The Morgan fingerprint density at radius 2 is 1.88 bits per heavy atom. The van der Waals surface area contributed by atoms with Gasteiger partial charge in [0, 0.05) is 19.5 Å². The molecule has 2 fully saturated rings. The normalized spacial score (nSPS) is 19.5. The number of carbonyl (C=O) groups excluding carboxylic acids is 2. The van der Waals surface area contributed by atoms with Crippen molar-refractivity contribution in [3.8, 4) is 0 Å². The predicted molar refractivity (Wildman–Crippen MR) is 96.0 cm³/mol. The zero-order valence-corrected chi connectivity index (χ0v) is 14.9. The van der Waals surface area contributed by atoms with Crippen molar-refractivity contribution in [2.45, 2.75) is 51.2 Å². The van der Waals surface area contributed by atoms with Crippen LogP contribution in [0.15, 0.2) is 30.3 Å². The topological polar surface area (TPSA) is 58.6 Å². The lowest BCUT2D eigenvalue weighted by molar-refractivity contribution is -0.139. The van der Waals surface area contributed by atoms with E-state index < -0.39 is 12.1 Å². The van der Waals surface area contributed by atoms with Crippen molar-refractivity contribution in [3.63, 3.8) is 0 Å². The molecule has 1 N–H and O–H groups in total. The first-order valence-electron chi connectivity index (χ1n) is 9.38. The van der Waals surface area contributed by atoms with Crippen LogP contribution in [0.5, 0.6) is 0 Å². The minimum absolute atomic E-state index is 0.0177. The molecule has 0 aromatic heterocycles. The SMILES string of the molecule is C[C@H](OCC1CC1)C(=O)N[C@@H](Cc1ccccc1)C(=O)N1CCCC1. The van der Waals surface area contributed by atoms with E-state index in [4.69, 9.17) is 4.74 Å². The Bertz CT molecular complexity index is 580. The number of benzene rings is 1. The van der Waals surface area contributed by atoms with E-state index in [1.54, 1.807) is 6.92 Å². The highest BCUT2D eigenvalue weighted by molar-refractivity contribution is 5.89. The summed E-state index contributed by atoms with van der Waals surface area (Å²) in [6, 6.07) is 9.31. The predicted octanol–water partition coefficient (Wildman–Crippen LogP) is 2.15. The maximum absolute atomic E-state index is 12.9. The first-order chi connectivity index (χ1) is 12.1. The first-order valence-corrected chi connectivity index (χ1v) is 9.38. The van der Waals surface area contributed by atoms with Crippen molar-refractivity contribution < 1.29 is 14.3 Å². The third-order valence-corrected chi connectivity index (χ3v) is 4.96. The Morgan fingerprint density at radius 1 is 1.20 bits per heavy atom. The molecule has 5 heteroatoms. The molecule has 1 saturated heterocycles. The molecule has 3 rings (SSSR count). The van der Waals surface area contributed by atoms with Gasteiger partial charge in [-0.05, 0) is 44.1 Å². The average Bonchev–Trinajstić information content (AvgIpc) is 3.30. The lowest BCUT2D eigenvalue weighted by Crippen LogP contribution is -2.51. The monoisotopic (exact) mass is 344 g/mol. The summed E-state index contributed by atoms with van der Waals surface area (Å²) in [5.74, 6) is 0.430. The fourth-order valence-electron chi connectivity index (χ4n) is 3.14. The van der Waals surface area contributed by atoms with E-state index >= 15 is 0 Å². The largest absolute Gasteiger partial charge is 0.368 e. The molecule has 1 aromatic rings. The van der Waals surface area contributed by atoms with Crippen molar-refractivity contribution in [2.75, 3.05) is 19.7 Å². The maximum Gasteiger partial charge on any atom is 0.249 e. The lowest BCUT2D eigenvalue weighted by Gasteiger charge is -2.25. The summed E-state index contributed by atoms with van der Waals surface area (Å²) in [6.07, 6.45) is 4.45. The highest BCUT2D eigenvalue weighted by Crippen LogP contribution is 2.29. The molecule has 1 heterocycles. The quantitative estimate of drug-likeness (QED) is 0.786. The third kappa shape index (κ3) is 5.30. The summed E-state index contributed by atoms with van der Waals surface area (Å²) < 4.78 is 5.65. The highest BCUT2D eigenvalue weighted by Gasteiger charge is 2.30. The van der Waals surface area contributed by atoms with Crippen LogP contribution in [-0.4, -0.2) is 48.6 Å². The van der Waals surface area contributed by atoms with E-state index in [9.17, 15) is 9.59 Å². The lowest BCUT2D eigenvalue weighted by atomic mass is 10.0. The molecule has 136 valence electrons. The number of carbonyl (C=O) groups is 2. The van der Waals surface area contributed by atoms with Crippen LogP contribution in [0.2, 0.25) is 0 Å². The summed E-state index contributed by atoms with van der Waals surface area (Å²) >= 11 is 0. The van der Waals surface area contributed by atoms with Crippen LogP contribution in [-0.2, 0) is 20.7 Å². The number of likely N-dealkylation sites (tertiary alicyclic amines) is 1. The van der Waals surface area contributed by atoms with Crippen LogP contribution in [0.1, 0.15) is 38.2 Å². The van der Waals surface area contributed by atoms with Crippen LogP contribution in [0.3, 0.4) is 0 Å². The molecular formula is C20H28N2O3. The maximum atomic E-state index is 12.9. The Kier molecular flexibility index (Phi) is 6.08. The standard InChI is InChI=1S/C20H28N2O3/c1-15(25-14-17-9-10-17)19(23)21-18(13-16-7-3-2-4-8-16)20(24)22-11-5-6-12-22/h2-4,7-8,15,17-18H,5-6,9-14H2,1H3,(H,21,23)/t15-,18-/m0/s1. The number of hydrogen-bond acceptors (Lipinski definition) is 3. The highest BCUT2D eigenvalue weighted by atomic mass is 16.5. The van der Waals surface area contributed by atoms with Gasteiger partial charge in [0.1, 0.15) is 12.1 Å². The van der Waals surface area contributed by atoms with Gasteiger partial charge in [-0.3, -0.25) is 9.59 Å². The second-order valence-electron chi connectivity index (χ2n) is 7.20. The van der Waals surface area contributed by atoms with E-state index in [0.717, 1.165) is 31.5 Å². The number of nitrogens with one attached hydrogen (secondary N) is 1. The van der Waals surface area contributed by atoms with Gasteiger partial charge in [-0.15, -0.1) is 0 Å². The molecule has 0 unspecified atom stereocenters. The molecular weight excluding hydrogens is 316 g/mol. The number of hydrogen-bond donors (Lipinski definition) is 1. The first kappa shape index (κ1) is 17.9. The summed E-state index contributed by atoms with van der Waals surface area (Å²) in [5, 5.41) is 2.93. The van der Waals surface area contributed by atoms with E-state index in [1.165, 1.54) is 12.8 Å². The number of ether oxygens (including phenoxy) is 1. The van der Waals surface area contributed by atoms with Gasteiger partial charge in [-0.25, -0.2) is 0 Å². The Balaban J connectivity index is 1.61. The molecule has 1 aromatic carbocycles. The number of nitrogens with zero attached hydrogens (tertiary/aromatic N) is 1. The fourth-order valence-corrected chi connectivity index (χ4v) is 3.14. The Hall–Kier alpha value is -1.88. The van der Waals surface area contributed by atoms with Gasteiger partial charge in [-0.2, -0.15) is 0 Å². The number of amides is 2. The van der Waals surface area contributed by atoms with Crippen LogP contribution in [0, 0.1) is 5.92 Å². The molecule has 2 atom stereocenters. The van der Waals surface area contributed by atoms with Crippen molar-refractivity contribution in [2.24, 2.45) is 5.92 Å². The molecule has 2 aliphatic rings. The van der Waals surface area contributed by atoms with Crippen LogP contribution in [0.25, 0.3) is 0 Å². The molecule has 1 aliphatic heterocycles.